The van der Waals surface area contributed by atoms with Gasteiger partial charge in [-0.05, 0) is 17.7 Å². The van der Waals surface area contributed by atoms with Crippen LogP contribution in [0.3, 0.4) is 0 Å². The van der Waals surface area contributed by atoms with E-state index in [1.165, 1.54) is 33.5 Å². The summed E-state index contributed by atoms with van der Waals surface area (Å²) in [6, 6.07) is 10.0. The summed E-state index contributed by atoms with van der Waals surface area (Å²) in [4.78, 5) is 25.1. The second-order valence-corrected chi connectivity index (χ2v) is 5.18. The van der Waals surface area contributed by atoms with Crippen LogP contribution in [0.15, 0.2) is 36.4 Å². The largest absolute Gasteiger partial charge is 0.497 e. The maximum absolute atomic E-state index is 12.7. The number of Topliss-reactive ketones (excluding diaryl/α,β-unsaturated/α-hetero) is 2. The van der Waals surface area contributed by atoms with Crippen LogP contribution in [0.4, 0.5) is 0 Å². The van der Waals surface area contributed by atoms with Crippen molar-refractivity contribution in [1.82, 2.24) is 0 Å². The Morgan fingerprint density at radius 3 is 1.72 bits per heavy atom. The van der Waals surface area contributed by atoms with Gasteiger partial charge in [-0.1, -0.05) is 12.1 Å². The molecular formula is C19H20O6. The maximum atomic E-state index is 12.7. The number of methoxy groups -OCH3 is 4. The Kier molecular flexibility index (Phi) is 6.00. The molecule has 0 saturated carbocycles. The predicted octanol–water partition coefficient (Wildman–Crippen LogP) is 2.72. The van der Waals surface area contributed by atoms with E-state index in [2.05, 4.69) is 0 Å². The summed E-state index contributed by atoms with van der Waals surface area (Å²) in [6.45, 7) is 0. The van der Waals surface area contributed by atoms with Gasteiger partial charge in [0.05, 0.1) is 28.4 Å². The Balaban J connectivity index is 2.30. The molecule has 2 aromatic carbocycles. The predicted molar refractivity (Wildman–Crippen MR) is 92.1 cm³/mol. The molecule has 25 heavy (non-hydrogen) atoms. The standard InChI is InChI=1S/C19H20O6/c1-22-13-7-5-12(6-8-13)9-15(20)19(21)18-16(24-3)10-14(23-2)11-17(18)25-4/h5-8,10-11H,9H2,1-4H3. The smallest absolute Gasteiger partial charge is 0.236 e. The molecule has 0 N–H and O–H groups in total. The Morgan fingerprint density at radius 2 is 1.28 bits per heavy atom. The SMILES string of the molecule is COc1ccc(CC(=O)C(=O)c2c(OC)cc(OC)cc2OC)cc1. The summed E-state index contributed by atoms with van der Waals surface area (Å²) < 4.78 is 20.7. The van der Waals surface area contributed by atoms with Gasteiger partial charge in [-0.25, -0.2) is 0 Å². The first-order valence-corrected chi connectivity index (χ1v) is 7.54. The molecule has 132 valence electrons. The molecular weight excluding hydrogens is 324 g/mol. The quantitative estimate of drug-likeness (QED) is 0.542. The molecule has 6 heteroatoms. The number of ether oxygens (including phenoxy) is 4. The van der Waals surface area contributed by atoms with Crippen molar-refractivity contribution in [1.29, 1.82) is 0 Å². The highest BCUT2D eigenvalue weighted by atomic mass is 16.5. The average molecular weight is 344 g/mol. The third-order valence-corrected chi connectivity index (χ3v) is 3.72. The molecule has 0 atom stereocenters. The van der Waals surface area contributed by atoms with Gasteiger partial charge in [0.15, 0.2) is 0 Å². The molecule has 0 saturated heterocycles. The first-order valence-electron chi connectivity index (χ1n) is 7.54. The molecule has 0 bridgehead atoms. The van der Waals surface area contributed by atoms with E-state index < -0.39 is 11.6 Å². The fourth-order valence-electron chi connectivity index (χ4n) is 2.38. The van der Waals surface area contributed by atoms with E-state index in [1.807, 2.05) is 0 Å². The lowest BCUT2D eigenvalue weighted by molar-refractivity contribution is -0.114. The molecule has 0 amide bonds. The van der Waals surface area contributed by atoms with Crippen LogP contribution in [-0.4, -0.2) is 40.0 Å². The van der Waals surface area contributed by atoms with E-state index in [4.69, 9.17) is 18.9 Å². The van der Waals surface area contributed by atoms with E-state index >= 15 is 0 Å². The molecule has 0 aliphatic carbocycles. The van der Waals surface area contributed by atoms with Crippen LogP contribution < -0.4 is 18.9 Å². The van der Waals surface area contributed by atoms with Crippen molar-refractivity contribution in [2.75, 3.05) is 28.4 Å². The molecule has 2 aromatic rings. The zero-order chi connectivity index (χ0) is 18.4. The summed E-state index contributed by atoms with van der Waals surface area (Å²) in [7, 11) is 5.88. The molecule has 0 aliphatic rings. The van der Waals surface area contributed by atoms with Crippen LogP contribution in [0, 0.1) is 0 Å². The van der Waals surface area contributed by atoms with Crippen molar-refractivity contribution in [3.63, 3.8) is 0 Å². The normalized spacial score (nSPS) is 10.1. The Morgan fingerprint density at radius 1 is 0.760 bits per heavy atom. The second-order valence-electron chi connectivity index (χ2n) is 5.18. The first kappa shape index (κ1) is 18.3. The minimum atomic E-state index is -0.674. The number of benzene rings is 2. The highest BCUT2D eigenvalue weighted by molar-refractivity contribution is 6.45. The zero-order valence-electron chi connectivity index (χ0n) is 14.6. The van der Waals surface area contributed by atoms with Crippen LogP contribution in [-0.2, 0) is 11.2 Å². The Labute approximate surface area is 146 Å². The number of carbonyl (C=O) groups is 2. The van der Waals surface area contributed by atoms with Gasteiger partial charge in [-0.2, -0.15) is 0 Å². The molecule has 2 rings (SSSR count). The molecule has 0 fully saturated rings. The monoisotopic (exact) mass is 344 g/mol. The fraction of sp³-hybridized carbons (Fsp3) is 0.263. The van der Waals surface area contributed by atoms with Crippen molar-refractivity contribution in [3.05, 3.63) is 47.5 Å². The van der Waals surface area contributed by atoms with Crippen molar-refractivity contribution in [2.24, 2.45) is 0 Å². The zero-order valence-corrected chi connectivity index (χ0v) is 14.6. The minimum absolute atomic E-state index is 0.0266. The lowest BCUT2D eigenvalue weighted by atomic mass is 9.99. The lowest BCUT2D eigenvalue weighted by Crippen LogP contribution is -2.18. The first-order chi connectivity index (χ1) is 12.0. The summed E-state index contributed by atoms with van der Waals surface area (Å²) >= 11 is 0. The number of hydrogen-bond donors (Lipinski definition) is 0. The number of ketones is 2. The van der Waals surface area contributed by atoms with Gasteiger partial charge >= 0.3 is 0 Å². The summed E-state index contributed by atoms with van der Waals surface area (Å²) in [6.07, 6.45) is -0.0266. The van der Waals surface area contributed by atoms with Gasteiger partial charge in [-0.15, -0.1) is 0 Å². The van der Waals surface area contributed by atoms with Gasteiger partial charge in [0.2, 0.25) is 11.6 Å². The third kappa shape index (κ3) is 4.09. The van der Waals surface area contributed by atoms with Gasteiger partial charge in [0.25, 0.3) is 0 Å². The minimum Gasteiger partial charge on any atom is -0.497 e. The molecule has 0 heterocycles. The fourth-order valence-corrected chi connectivity index (χ4v) is 2.38. The number of carbonyl (C=O) groups excluding carboxylic acids is 2. The van der Waals surface area contributed by atoms with Gasteiger partial charge in [0.1, 0.15) is 28.6 Å². The molecule has 0 radical (unpaired) electrons. The van der Waals surface area contributed by atoms with Crippen LogP contribution in [0.5, 0.6) is 23.0 Å². The number of rotatable bonds is 8. The molecule has 0 unspecified atom stereocenters. The summed E-state index contributed by atoms with van der Waals surface area (Å²) in [5, 5.41) is 0. The van der Waals surface area contributed by atoms with Crippen LogP contribution in [0.2, 0.25) is 0 Å². The lowest BCUT2D eigenvalue weighted by Gasteiger charge is -2.13. The van der Waals surface area contributed by atoms with Crippen molar-refractivity contribution >= 4 is 11.6 Å². The third-order valence-electron chi connectivity index (χ3n) is 3.72. The highest BCUT2D eigenvalue weighted by Crippen LogP contribution is 2.34. The van der Waals surface area contributed by atoms with Crippen LogP contribution >= 0.6 is 0 Å². The van der Waals surface area contributed by atoms with E-state index in [1.54, 1.807) is 31.4 Å². The van der Waals surface area contributed by atoms with Gasteiger partial charge in [0, 0.05) is 18.6 Å². The molecule has 0 spiro atoms. The van der Waals surface area contributed by atoms with Crippen molar-refractivity contribution in [3.8, 4) is 23.0 Å². The van der Waals surface area contributed by atoms with E-state index in [9.17, 15) is 9.59 Å². The Bertz CT molecular complexity index is 739. The van der Waals surface area contributed by atoms with Crippen molar-refractivity contribution < 1.29 is 28.5 Å². The van der Waals surface area contributed by atoms with Gasteiger partial charge in [-0.3, -0.25) is 9.59 Å². The average Bonchev–Trinajstić information content (AvgIpc) is 2.66. The van der Waals surface area contributed by atoms with Gasteiger partial charge < -0.3 is 18.9 Å². The van der Waals surface area contributed by atoms with Crippen molar-refractivity contribution in [2.45, 2.75) is 6.42 Å². The number of hydrogen-bond acceptors (Lipinski definition) is 6. The topological polar surface area (TPSA) is 71.1 Å². The summed E-state index contributed by atoms with van der Waals surface area (Å²) in [5.41, 5.74) is 0.801. The van der Waals surface area contributed by atoms with E-state index in [0.717, 1.165) is 0 Å². The molecule has 0 aromatic heterocycles. The maximum Gasteiger partial charge on any atom is 0.236 e. The van der Waals surface area contributed by atoms with Crippen LogP contribution in [0.25, 0.3) is 0 Å². The Hall–Kier alpha value is -3.02. The highest BCUT2D eigenvalue weighted by Gasteiger charge is 2.26. The van der Waals surface area contributed by atoms with E-state index in [0.29, 0.717) is 17.1 Å². The summed E-state index contributed by atoms with van der Waals surface area (Å²) in [5.74, 6) is 0.363. The second kappa shape index (κ2) is 8.19. The van der Waals surface area contributed by atoms with E-state index in [-0.39, 0.29) is 23.5 Å². The van der Waals surface area contributed by atoms with Crippen LogP contribution in [0.1, 0.15) is 15.9 Å². The molecule has 6 nitrogen and oxygen atoms in total. The molecule has 0 aliphatic heterocycles.